The predicted octanol–water partition coefficient (Wildman–Crippen LogP) is 3.52. The van der Waals surface area contributed by atoms with Crippen molar-refractivity contribution in [2.24, 2.45) is 0 Å². The van der Waals surface area contributed by atoms with Crippen LogP contribution in [0.5, 0.6) is 0 Å². The van der Waals surface area contributed by atoms with Crippen LogP contribution in [0.15, 0.2) is 54.6 Å². The lowest BCUT2D eigenvalue weighted by Crippen LogP contribution is -2.49. The summed E-state index contributed by atoms with van der Waals surface area (Å²) in [4.78, 5) is 37.9. The van der Waals surface area contributed by atoms with Crippen LogP contribution >= 0.6 is 0 Å². The average Bonchev–Trinajstić information content (AvgIpc) is 3.09. The zero-order chi connectivity index (χ0) is 28.6. The Bertz CT molecular complexity index is 1240. The zero-order valence-corrected chi connectivity index (χ0v) is 23.8. The van der Waals surface area contributed by atoms with E-state index in [-0.39, 0.29) is 25.4 Å². The van der Waals surface area contributed by atoms with E-state index >= 15 is 0 Å². The maximum atomic E-state index is 13.2. The molecule has 212 valence electrons. The Hall–Kier alpha value is -3.60. The van der Waals surface area contributed by atoms with E-state index in [1.165, 1.54) is 0 Å². The van der Waals surface area contributed by atoms with Crippen molar-refractivity contribution in [2.75, 3.05) is 17.4 Å². The molecule has 0 radical (unpaired) electrons. The number of nitrogens with one attached hydrogen (secondary N) is 2. The van der Waals surface area contributed by atoms with Gasteiger partial charge in [0, 0.05) is 13.0 Å². The summed E-state index contributed by atoms with van der Waals surface area (Å²) < 4.78 is 33.6. The second-order valence-electron chi connectivity index (χ2n) is 10.5. The molecule has 2 N–H and O–H groups in total. The summed E-state index contributed by atoms with van der Waals surface area (Å²) in [6.07, 6.45) is 2.31. The molecule has 1 aliphatic rings. The molecule has 0 aliphatic carbocycles. The minimum absolute atomic E-state index is 0.0397. The van der Waals surface area contributed by atoms with Crippen LogP contribution in [-0.2, 0) is 37.5 Å². The second kappa shape index (κ2) is 13.0. The molecule has 39 heavy (non-hydrogen) atoms. The summed E-state index contributed by atoms with van der Waals surface area (Å²) in [6, 6.07) is 14.6. The van der Waals surface area contributed by atoms with Gasteiger partial charge >= 0.3 is 16.3 Å². The van der Waals surface area contributed by atoms with Gasteiger partial charge in [-0.25, -0.2) is 13.4 Å². The number of benzene rings is 2. The van der Waals surface area contributed by atoms with Gasteiger partial charge in [-0.15, -0.1) is 0 Å². The van der Waals surface area contributed by atoms with E-state index in [2.05, 4.69) is 17.6 Å². The average molecular weight is 559 g/mol. The number of alkyl carbamates (subject to hydrolysis) is 1. The highest BCUT2D eigenvalue weighted by Gasteiger charge is 2.42. The number of rotatable bonds is 11. The molecule has 3 rings (SSSR count). The Morgan fingerprint density at radius 3 is 2.28 bits per heavy atom. The van der Waals surface area contributed by atoms with Gasteiger partial charge in [0.2, 0.25) is 5.91 Å². The molecule has 0 spiro atoms. The molecule has 1 aliphatic heterocycles. The second-order valence-corrected chi connectivity index (χ2v) is 12.2. The lowest BCUT2D eigenvalue weighted by atomic mass is 10.0. The van der Waals surface area contributed by atoms with Gasteiger partial charge in [-0.3, -0.25) is 9.59 Å². The number of unbranched alkanes of at least 4 members (excludes halogenated alkanes) is 2. The van der Waals surface area contributed by atoms with E-state index in [0.29, 0.717) is 23.4 Å². The van der Waals surface area contributed by atoms with Crippen LogP contribution in [0, 0.1) is 0 Å². The van der Waals surface area contributed by atoms with Crippen molar-refractivity contribution in [1.82, 2.24) is 14.9 Å². The van der Waals surface area contributed by atoms with Gasteiger partial charge in [0.05, 0.1) is 12.2 Å². The Balaban J connectivity index is 1.72. The lowest BCUT2D eigenvalue weighted by molar-refractivity contribution is -0.124. The van der Waals surface area contributed by atoms with Gasteiger partial charge in [-0.1, -0.05) is 62.2 Å². The molecule has 0 unspecified atom stereocenters. The Labute approximate surface area is 230 Å². The van der Waals surface area contributed by atoms with Crippen molar-refractivity contribution in [2.45, 2.75) is 71.6 Å². The SMILES string of the molecule is CCCCCNC(=O)[C@H](Cc1ccc(N2CC(=O)N(Cc3ccccc3)S2(=O)=O)cc1)NC(=O)OC(C)(C)C. The molecule has 1 heterocycles. The zero-order valence-electron chi connectivity index (χ0n) is 23.0. The smallest absolute Gasteiger partial charge is 0.408 e. The highest BCUT2D eigenvalue weighted by molar-refractivity contribution is 7.91. The third kappa shape index (κ3) is 8.44. The molecule has 0 bridgehead atoms. The van der Waals surface area contributed by atoms with E-state index < -0.39 is 33.9 Å². The quantitative estimate of drug-likeness (QED) is 0.407. The van der Waals surface area contributed by atoms with Crippen LogP contribution in [0.3, 0.4) is 0 Å². The van der Waals surface area contributed by atoms with Crippen molar-refractivity contribution in [3.63, 3.8) is 0 Å². The van der Waals surface area contributed by atoms with Gasteiger partial charge in [-0.2, -0.15) is 8.42 Å². The molecule has 1 fully saturated rings. The van der Waals surface area contributed by atoms with E-state index in [9.17, 15) is 22.8 Å². The van der Waals surface area contributed by atoms with Crippen molar-refractivity contribution >= 4 is 33.8 Å². The number of hydrogen-bond donors (Lipinski definition) is 2. The maximum absolute atomic E-state index is 13.2. The van der Waals surface area contributed by atoms with Crippen LogP contribution in [-0.4, -0.2) is 55.4 Å². The number of carbonyl (C=O) groups excluding carboxylic acids is 3. The fourth-order valence-electron chi connectivity index (χ4n) is 4.08. The highest BCUT2D eigenvalue weighted by atomic mass is 32.2. The number of nitrogens with zero attached hydrogens (tertiary/aromatic N) is 2. The maximum Gasteiger partial charge on any atom is 0.408 e. The molecule has 2 aromatic carbocycles. The molecule has 10 nitrogen and oxygen atoms in total. The first kappa shape index (κ1) is 29.9. The molecule has 11 heteroatoms. The Morgan fingerprint density at radius 2 is 1.67 bits per heavy atom. The third-order valence-electron chi connectivity index (χ3n) is 6.03. The first-order chi connectivity index (χ1) is 18.4. The van der Waals surface area contributed by atoms with Gasteiger partial charge in [0.15, 0.2) is 0 Å². The van der Waals surface area contributed by atoms with Gasteiger partial charge in [0.1, 0.15) is 18.2 Å². The van der Waals surface area contributed by atoms with Crippen LogP contribution in [0.2, 0.25) is 0 Å². The Morgan fingerprint density at radius 1 is 1.00 bits per heavy atom. The summed E-state index contributed by atoms with van der Waals surface area (Å²) in [5, 5.41) is 5.51. The molecule has 1 atom stereocenters. The minimum atomic E-state index is -4.05. The van der Waals surface area contributed by atoms with E-state index in [1.807, 2.05) is 6.07 Å². The van der Waals surface area contributed by atoms with Crippen LogP contribution in [0.4, 0.5) is 10.5 Å². The van der Waals surface area contributed by atoms with E-state index in [1.54, 1.807) is 69.3 Å². The van der Waals surface area contributed by atoms with E-state index in [0.717, 1.165) is 27.9 Å². The third-order valence-corrected chi connectivity index (χ3v) is 7.82. The van der Waals surface area contributed by atoms with Crippen molar-refractivity contribution < 1.29 is 27.5 Å². The van der Waals surface area contributed by atoms with Gasteiger partial charge < -0.3 is 15.4 Å². The summed E-state index contributed by atoms with van der Waals surface area (Å²) in [7, 11) is -4.05. The van der Waals surface area contributed by atoms with Crippen molar-refractivity contribution in [3.05, 3.63) is 65.7 Å². The molecule has 0 aromatic heterocycles. The minimum Gasteiger partial charge on any atom is -0.444 e. The summed E-state index contributed by atoms with van der Waals surface area (Å²) in [5.74, 6) is -0.838. The van der Waals surface area contributed by atoms with Gasteiger partial charge in [-0.05, 0) is 50.5 Å². The summed E-state index contributed by atoms with van der Waals surface area (Å²) >= 11 is 0. The predicted molar refractivity (Wildman–Crippen MR) is 149 cm³/mol. The molecule has 3 amide bonds. The number of hydrogen-bond acceptors (Lipinski definition) is 6. The van der Waals surface area contributed by atoms with Gasteiger partial charge in [0.25, 0.3) is 5.91 Å². The number of ether oxygens (including phenoxy) is 1. The fraction of sp³-hybridized carbons (Fsp3) is 0.464. The van der Waals surface area contributed by atoms with Crippen LogP contribution in [0.1, 0.15) is 58.1 Å². The first-order valence-corrected chi connectivity index (χ1v) is 14.5. The fourth-order valence-corrected chi connectivity index (χ4v) is 5.60. The molecular formula is C28H38N4O6S. The summed E-state index contributed by atoms with van der Waals surface area (Å²) in [5.41, 5.74) is 1.03. The monoisotopic (exact) mass is 558 g/mol. The normalized spacial score (nSPS) is 15.6. The molecular weight excluding hydrogens is 520 g/mol. The number of carbonyl (C=O) groups is 3. The van der Waals surface area contributed by atoms with Crippen molar-refractivity contribution in [3.8, 4) is 0 Å². The highest BCUT2D eigenvalue weighted by Crippen LogP contribution is 2.28. The summed E-state index contributed by atoms with van der Waals surface area (Å²) in [6.45, 7) is 7.45. The number of anilines is 1. The molecule has 0 saturated carbocycles. The molecule has 2 aromatic rings. The van der Waals surface area contributed by atoms with E-state index in [4.69, 9.17) is 4.74 Å². The first-order valence-electron chi connectivity index (χ1n) is 13.1. The lowest BCUT2D eigenvalue weighted by Gasteiger charge is -2.24. The van der Waals surface area contributed by atoms with Crippen molar-refractivity contribution in [1.29, 1.82) is 0 Å². The topological polar surface area (TPSA) is 125 Å². The van der Waals surface area contributed by atoms with Crippen LogP contribution in [0.25, 0.3) is 0 Å². The van der Waals surface area contributed by atoms with Crippen LogP contribution < -0.4 is 14.9 Å². The Kier molecular flexibility index (Phi) is 9.96. The molecule has 1 saturated heterocycles. The standard InChI is InChI=1S/C28H38N4O6S/c1-5-6-10-17-29-26(34)24(30-27(35)38-28(2,3)4)18-21-13-15-23(16-14-21)31-20-25(33)32(39(31,36)37)19-22-11-8-7-9-12-22/h7-9,11-16,24H,5-6,10,17-20H2,1-4H3,(H,29,34)(H,30,35)/t24-/m0/s1. The number of amides is 3. The largest absolute Gasteiger partial charge is 0.444 e.